The van der Waals surface area contributed by atoms with Crippen LogP contribution in [0, 0.1) is 12.7 Å². The topological polar surface area (TPSA) is 88.6 Å². The maximum absolute atomic E-state index is 14.1. The molecule has 5 rings (SSSR count). The van der Waals surface area contributed by atoms with Crippen LogP contribution in [-0.4, -0.2) is 66.3 Å². The number of aromatic nitrogens is 2. The summed E-state index contributed by atoms with van der Waals surface area (Å²) in [5.41, 5.74) is 1.42. The van der Waals surface area contributed by atoms with Crippen LogP contribution in [0.1, 0.15) is 47.3 Å². The van der Waals surface area contributed by atoms with Gasteiger partial charge in [0.05, 0.1) is 22.6 Å². The normalized spacial score (nSPS) is 18.4. The van der Waals surface area contributed by atoms with E-state index in [4.69, 9.17) is 9.47 Å². The molecule has 36 heavy (non-hydrogen) atoms. The van der Waals surface area contributed by atoms with Crippen LogP contribution in [-0.2, 0) is 4.74 Å². The number of thiophene rings is 1. The van der Waals surface area contributed by atoms with Crippen molar-refractivity contribution in [3.05, 3.63) is 40.8 Å². The van der Waals surface area contributed by atoms with Crippen LogP contribution in [0.2, 0.25) is 0 Å². The van der Waals surface area contributed by atoms with Gasteiger partial charge in [-0.3, -0.25) is 4.79 Å². The molecule has 2 aromatic heterocycles. The van der Waals surface area contributed by atoms with Crippen molar-refractivity contribution < 1.29 is 18.7 Å². The average Bonchev–Trinajstić information content (AvgIpc) is 3.52. The molecule has 0 bridgehead atoms. The van der Waals surface area contributed by atoms with Gasteiger partial charge in [-0.2, -0.15) is 0 Å². The molecule has 4 heterocycles. The molecule has 0 spiro atoms. The number of anilines is 2. The number of nitrogens with zero attached hydrogens (tertiary/aromatic N) is 3. The van der Waals surface area contributed by atoms with E-state index in [9.17, 15) is 9.18 Å². The maximum atomic E-state index is 14.1. The molecule has 0 aliphatic carbocycles. The summed E-state index contributed by atoms with van der Waals surface area (Å²) < 4.78 is 25.6. The molecule has 3 aromatic rings. The van der Waals surface area contributed by atoms with Gasteiger partial charge in [0.1, 0.15) is 34.6 Å². The first-order chi connectivity index (χ1) is 17.6. The van der Waals surface area contributed by atoms with E-state index in [1.54, 1.807) is 6.07 Å². The lowest BCUT2D eigenvalue weighted by molar-refractivity contribution is 0.00763. The predicted molar refractivity (Wildman–Crippen MR) is 139 cm³/mol. The van der Waals surface area contributed by atoms with Crippen molar-refractivity contribution in [2.75, 3.05) is 44.7 Å². The van der Waals surface area contributed by atoms with Gasteiger partial charge < -0.3 is 25.0 Å². The van der Waals surface area contributed by atoms with Gasteiger partial charge in [0, 0.05) is 19.2 Å². The third-order valence-corrected chi connectivity index (χ3v) is 7.88. The highest BCUT2D eigenvalue weighted by molar-refractivity contribution is 7.20. The molecule has 192 valence electrons. The molecule has 10 heteroatoms. The number of rotatable bonds is 9. The SMILES string of the molecule is Cc1c(C(=O)NCCCN2CCCC2)sc2ncnc(Nc3ccc(F)cc3O[C@@H]3CCCOC3)c12. The highest BCUT2D eigenvalue weighted by Gasteiger charge is 2.22. The quantitative estimate of drug-likeness (QED) is 0.403. The van der Waals surface area contributed by atoms with Gasteiger partial charge in [-0.25, -0.2) is 14.4 Å². The van der Waals surface area contributed by atoms with Crippen molar-refractivity contribution in [3.63, 3.8) is 0 Å². The summed E-state index contributed by atoms with van der Waals surface area (Å²) in [6.45, 7) is 7.09. The van der Waals surface area contributed by atoms with Crippen LogP contribution in [0.4, 0.5) is 15.9 Å². The van der Waals surface area contributed by atoms with E-state index in [1.807, 2.05) is 6.92 Å². The largest absolute Gasteiger partial charge is 0.486 e. The van der Waals surface area contributed by atoms with Gasteiger partial charge in [-0.1, -0.05) is 0 Å². The number of carbonyl (C=O) groups excluding carboxylic acids is 1. The number of nitrogens with one attached hydrogen (secondary N) is 2. The Hall–Kier alpha value is -2.82. The molecule has 2 N–H and O–H groups in total. The molecule has 2 saturated heterocycles. The zero-order valence-corrected chi connectivity index (χ0v) is 21.3. The van der Waals surface area contributed by atoms with E-state index in [-0.39, 0.29) is 17.8 Å². The molecule has 2 fully saturated rings. The van der Waals surface area contributed by atoms with Crippen LogP contribution in [0.5, 0.6) is 5.75 Å². The Morgan fingerprint density at radius 3 is 2.94 bits per heavy atom. The first-order valence-electron chi connectivity index (χ1n) is 12.6. The van der Waals surface area contributed by atoms with E-state index in [2.05, 4.69) is 25.5 Å². The summed E-state index contributed by atoms with van der Waals surface area (Å²) in [5, 5.41) is 7.13. The predicted octanol–water partition coefficient (Wildman–Crippen LogP) is 4.66. The van der Waals surface area contributed by atoms with E-state index >= 15 is 0 Å². The second kappa shape index (κ2) is 11.5. The Morgan fingerprint density at radius 2 is 2.14 bits per heavy atom. The summed E-state index contributed by atoms with van der Waals surface area (Å²) in [7, 11) is 0. The Bertz CT molecular complexity index is 1210. The number of aryl methyl sites for hydroxylation is 1. The van der Waals surface area contributed by atoms with Gasteiger partial charge >= 0.3 is 0 Å². The number of benzene rings is 1. The van der Waals surface area contributed by atoms with Crippen molar-refractivity contribution in [3.8, 4) is 5.75 Å². The molecular formula is C26H32FN5O3S. The Morgan fingerprint density at radius 1 is 1.28 bits per heavy atom. The van der Waals surface area contributed by atoms with Crippen LogP contribution < -0.4 is 15.4 Å². The third kappa shape index (κ3) is 5.77. The Balaban J connectivity index is 1.31. The fourth-order valence-electron chi connectivity index (χ4n) is 4.78. The van der Waals surface area contributed by atoms with Gasteiger partial charge in [-0.15, -0.1) is 11.3 Å². The smallest absolute Gasteiger partial charge is 0.261 e. The summed E-state index contributed by atoms with van der Waals surface area (Å²) in [6, 6.07) is 4.39. The molecule has 0 radical (unpaired) electrons. The van der Waals surface area contributed by atoms with E-state index in [0.717, 1.165) is 61.3 Å². The maximum Gasteiger partial charge on any atom is 0.261 e. The van der Waals surface area contributed by atoms with Gasteiger partial charge in [0.15, 0.2) is 0 Å². The second-order valence-corrected chi connectivity index (χ2v) is 10.3. The average molecular weight is 514 g/mol. The molecule has 0 saturated carbocycles. The summed E-state index contributed by atoms with van der Waals surface area (Å²) >= 11 is 1.35. The highest BCUT2D eigenvalue weighted by Crippen LogP contribution is 2.37. The molecule has 1 atom stereocenters. The fraction of sp³-hybridized carbons (Fsp3) is 0.500. The number of fused-ring (bicyclic) bond motifs is 1. The number of hydrogen-bond donors (Lipinski definition) is 2. The minimum absolute atomic E-state index is 0.0917. The van der Waals surface area contributed by atoms with Gasteiger partial charge in [0.2, 0.25) is 0 Å². The van der Waals surface area contributed by atoms with Crippen molar-refractivity contribution in [2.45, 2.75) is 45.1 Å². The standard InChI is InChI=1S/C26H32FN5O3S/c1-17-22-24(31-20-8-7-18(27)14-21(20)35-19-6-4-13-34-15-19)29-16-30-26(22)36-23(17)25(33)28-9-5-12-32-10-2-3-11-32/h7-8,14,16,19H,2-6,9-13,15H2,1H3,(H,28,33)(H,29,30,31)/t19-/m1/s1. The molecule has 2 aliphatic heterocycles. The zero-order chi connectivity index (χ0) is 24.9. The lowest BCUT2D eigenvalue weighted by atomic mass is 10.1. The lowest BCUT2D eigenvalue weighted by Gasteiger charge is -2.24. The minimum atomic E-state index is -0.379. The number of halogens is 1. The number of carbonyl (C=O) groups is 1. The lowest BCUT2D eigenvalue weighted by Crippen LogP contribution is -2.28. The van der Waals surface area contributed by atoms with Crippen LogP contribution in [0.3, 0.4) is 0 Å². The van der Waals surface area contributed by atoms with Crippen molar-refractivity contribution in [1.82, 2.24) is 20.2 Å². The zero-order valence-electron chi connectivity index (χ0n) is 20.5. The minimum Gasteiger partial charge on any atom is -0.486 e. The highest BCUT2D eigenvalue weighted by atomic mass is 32.1. The number of hydrogen-bond acceptors (Lipinski definition) is 8. The Labute approximate surface area is 214 Å². The first-order valence-corrected chi connectivity index (χ1v) is 13.5. The Kier molecular flexibility index (Phi) is 7.93. The van der Waals surface area contributed by atoms with E-state index < -0.39 is 0 Å². The van der Waals surface area contributed by atoms with Crippen LogP contribution >= 0.6 is 11.3 Å². The summed E-state index contributed by atoms with van der Waals surface area (Å²) in [4.78, 5) is 25.6. The second-order valence-electron chi connectivity index (χ2n) is 9.34. The molecule has 8 nitrogen and oxygen atoms in total. The number of amides is 1. The molecule has 0 unspecified atom stereocenters. The van der Waals surface area contributed by atoms with Gasteiger partial charge in [-0.05, 0) is 76.4 Å². The summed E-state index contributed by atoms with van der Waals surface area (Å²) in [5.74, 6) is 0.487. The monoisotopic (exact) mass is 513 g/mol. The fourth-order valence-corrected chi connectivity index (χ4v) is 5.85. The van der Waals surface area contributed by atoms with Crippen molar-refractivity contribution in [1.29, 1.82) is 0 Å². The number of likely N-dealkylation sites (tertiary alicyclic amines) is 1. The van der Waals surface area contributed by atoms with Crippen LogP contribution in [0.15, 0.2) is 24.5 Å². The van der Waals surface area contributed by atoms with Crippen molar-refractivity contribution in [2.24, 2.45) is 0 Å². The van der Waals surface area contributed by atoms with E-state index in [0.29, 0.717) is 35.3 Å². The van der Waals surface area contributed by atoms with E-state index in [1.165, 1.54) is 42.6 Å². The molecular weight excluding hydrogens is 481 g/mol. The third-order valence-electron chi connectivity index (χ3n) is 6.68. The van der Waals surface area contributed by atoms with Crippen LogP contribution in [0.25, 0.3) is 10.2 Å². The van der Waals surface area contributed by atoms with Gasteiger partial charge in [0.25, 0.3) is 5.91 Å². The molecule has 1 amide bonds. The summed E-state index contributed by atoms with van der Waals surface area (Å²) in [6.07, 6.45) is 6.57. The first kappa shape index (κ1) is 24.9. The molecule has 1 aromatic carbocycles. The number of ether oxygens (including phenoxy) is 2. The molecule has 2 aliphatic rings. The van der Waals surface area contributed by atoms with Crippen molar-refractivity contribution >= 4 is 39.0 Å².